The second-order valence-corrected chi connectivity index (χ2v) is 5.46. The highest BCUT2D eigenvalue weighted by Gasteiger charge is 2.47. The number of fused-ring (bicyclic) bond motifs is 3. The molecule has 1 aromatic rings. The fourth-order valence-electron chi connectivity index (χ4n) is 3.68. The molecular formula is C14H20N2. The fraction of sp³-hybridized carbons (Fsp3) is 0.571. The van der Waals surface area contributed by atoms with Gasteiger partial charge < -0.3 is 11.5 Å². The Morgan fingerprint density at radius 3 is 2.00 bits per heavy atom. The molecule has 1 saturated carbocycles. The van der Waals surface area contributed by atoms with Crippen molar-refractivity contribution in [3.63, 3.8) is 0 Å². The van der Waals surface area contributed by atoms with Crippen molar-refractivity contribution in [2.75, 3.05) is 6.54 Å². The molecule has 2 heteroatoms. The summed E-state index contributed by atoms with van der Waals surface area (Å²) in [7, 11) is 0. The van der Waals surface area contributed by atoms with Crippen molar-refractivity contribution < 1.29 is 0 Å². The molecule has 1 fully saturated rings. The van der Waals surface area contributed by atoms with Gasteiger partial charge in [-0.1, -0.05) is 24.3 Å². The molecule has 0 radical (unpaired) electrons. The number of hydrogen-bond acceptors (Lipinski definition) is 2. The predicted molar refractivity (Wildman–Crippen MR) is 66.0 cm³/mol. The van der Waals surface area contributed by atoms with Crippen LogP contribution < -0.4 is 11.5 Å². The van der Waals surface area contributed by atoms with E-state index >= 15 is 0 Å². The van der Waals surface area contributed by atoms with Crippen molar-refractivity contribution in [1.29, 1.82) is 0 Å². The molecule has 0 amide bonds. The quantitative estimate of drug-likeness (QED) is 0.747. The number of rotatable bonds is 1. The molecule has 0 heterocycles. The highest BCUT2D eigenvalue weighted by Crippen LogP contribution is 2.45. The molecule has 2 nitrogen and oxygen atoms in total. The molecular weight excluding hydrogens is 196 g/mol. The monoisotopic (exact) mass is 216 g/mol. The molecule has 2 atom stereocenters. The average Bonchev–Trinajstić information content (AvgIpc) is 2.52. The predicted octanol–water partition coefficient (Wildman–Crippen LogP) is 1.47. The Morgan fingerprint density at radius 1 is 1.06 bits per heavy atom. The van der Waals surface area contributed by atoms with E-state index in [4.69, 9.17) is 11.5 Å². The lowest BCUT2D eigenvalue weighted by Gasteiger charge is -2.33. The van der Waals surface area contributed by atoms with Crippen molar-refractivity contribution in [1.82, 2.24) is 0 Å². The first-order valence-electron chi connectivity index (χ1n) is 6.30. The summed E-state index contributed by atoms with van der Waals surface area (Å²) >= 11 is 0. The summed E-state index contributed by atoms with van der Waals surface area (Å²) in [6.07, 6.45) is 4.76. The SMILES string of the molecule is NCC1(N)C2CCC1Cc1ccccc1C2. The van der Waals surface area contributed by atoms with Gasteiger partial charge in [0.25, 0.3) is 0 Å². The Hall–Kier alpha value is -0.860. The molecule has 1 aromatic carbocycles. The Morgan fingerprint density at radius 2 is 1.56 bits per heavy atom. The zero-order chi connectivity index (χ0) is 11.2. The summed E-state index contributed by atoms with van der Waals surface area (Å²) in [6, 6.07) is 8.79. The van der Waals surface area contributed by atoms with Gasteiger partial charge in [0.2, 0.25) is 0 Å². The Kier molecular flexibility index (Phi) is 2.30. The maximum atomic E-state index is 6.56. The summed E-state index contributed by atoms with van der Waals surface area (Å²) in [5.74, 6) is 1.18. The number of benzene rings is 1. The van der Waals surface area contributed by atoms with E-state index in [0.717, 1.165) is 12.8 Å². The normalized spacial score (nSPS) is 36.9. The molecule has 0 saturated heterocycles. The lowest BCUT2D eigenvalue weighted by atomic mass is 9.80. The van der Waals surface area contributed by atoms with E-state index in [1.165, 1.54) is 24.0 Å². The third kappa shape index (κ3) is 1.33. The lowest BCUT2D eigenvalue weighted by molar-refractivity contribution is 0.260. The first-order valence-corrected chi connectivity index (χ1v) is 6.30. The first-order chi connectivity index (χ1) is 7.74. The van der Waals surface area contributed by atoms with Gasteiger partial charge in [0.1, 0.15) is 0 Å². The van der Waals surface area contributed by atoms with Gasteiger partial charge in [-0.3, -0.25) is 0 Å². The van der Waals surface area contributed by atoms with Gasteiger partial charge in [0, 0.05) is 12.1 Å². The maximum absolute atomic E-state index is 6.56. The summed E-state index contributed by atoms with van der Waals surface area (Å²) in [6.45, 7) is 0.635. The summed E-state index contributed by atoms with van der Waals surface area (Å²) < 4.78 is 0. The standard InChI is InChI=1S/C14H20N2/c15-9-14(16)12-5-6-13(14)8-11-4-2-1-3-10(11)7-12/h1-4,12-13H,5-9,15-16H2. The van der Waals surface area contributed by atoms with Crippen LogP contribution in [0, 0.1) is 11.8 Å². The third-order valence-electron chi connectivity index (χ3n) is 4.79. The van der Waals surface area contributed by atoms with Gasteiger partial charge in [-0.05, 0) is 48.6 Å². The smallest absolute Gasteiger partial charge is 0.0342 e. The first kappa shape index (κ1) is 10.3. The second kappa shape index (κ2) is 3.57. The van der Waals surface area contributed by atoms with E-state index in [2.05, 4.69) is 24.3 Å². The molecule has 0 aromatic heterocycles. The average molecular weight is 216 g/mol. The molecule has 16 heavy (non-hydrogen) atoms. The molecule has 0 aliphatic heterocycles. The third-order valence-corrected chi connectivity index (χ3v) is 4.79. The van der Waals surface area contributed by atoms with Crippen molar-refractivity contribution in [2.24, 2.45) is 23.3 Å². The minimum atomic E-state index is -0.112. The van der Waals surface area contributed by atoms with Crippen LogP contribution in [-0.4, -0.2) is 12.1 Å². The van der Waals surface area contributed by atoms with Crippen LogP contribution >= 0.6 is 0 Å². The van der Waals surface area contributed by atoms with Crippen LogP contribution in [0.25, 0.3) is 0 Å². The maximum Gasteiger partial charge on any atom is 0.0342 e. The van der Waals surface area contributed by atoms with Gasteiger partial charge in [0.15, 0.2) is 0 Å². The topological polar surface area (TPSA) is 52.0 Å². The minimum absolute atomic E-state index is 0.112. The summed E-state index contributed by atoms with van der Waals surface area (Å²) in [5.41, 5.74) is 15.4. The van der Waals surface area contributed by atoms with Gasteiger partial charge in [-0.2, -0.15) is 0 Å². The highest BCUT2D eigenvalue weighted by atomic mass is 14.9. The Bertz CT molecular complexity index is 366. The van der Waals surface area contributed by atoms with Crippen LogP contribution in [0.4, 0.5) is 0 Å². The van der Waals surface area contributed by atoms with Crippen LogP contribution in [-0.2, 0) is 12.8 Å². The van der Waals surface area contributed by atoms with Crippen molar-refractivity contribution in [3.8, 4) is 0 Å². The van der Waals surface area contributed by atoms with E-state index < -0.39 is 0 Å². The van der Waals surface area contributed by atoms with E-state index in [1.54, 1.807) is 0 Å². The van der Waals surface area contributed by atoms with E-state index in [0.29, 0.717) is 18.4 Å². The number of nitrogens with two attached hydrogens (primary N) is 2. The molecule has 4 N–H and O–H groups in total. The van der Waals surface area contributed by atoms with Crippen LogP contribution in [0.2, 0.25) is 0 Å². The highest BCUT2D eigenvalue weighted by molar-refractivity contribution is 5.32. The van der Waals surface area contributed by atoms with E-state index in [9.17, 15) is 0 Å². The van der Waals surface area contributed by atoms with Crippen LogP contribution in [0.1, 0.15) is 24.0 Å². The summed E-state index contributed by atoms with van der Waals surface area (Å²) in [4.78, 5) is 0. The second-order valence-electron chi connectivity index (χ2n) is 5.46. The van der Waals surface area contributed by atoms with Gasteiger partial charge >= 0.3 is 0 Å². The zero-order valence-corrected chi connectivity index (χ0v) is 9.65. The van der Waals surface area contributed by atoms with Gasteiger partial charge in [-0.25, -0.2) is 0 Å². The van der Waals surface area contributed by atoms with E-state index in [-0.39, 0.29) is 5.54 Å². The van der Waals surface area contributed by atoms with E-state index in [1.807, 2.05) is 0 Å². The molecule has 2 unspecified atom stereocenters. The van der Waals surface area contributed by atoms with Gasteiger partial charge in [0.05, 0.1) is 0 Å². The molecule has 86 valence electrons. The molecule has 2 bridgehead atoms. The minimum Gasteiger partial charge on any atom is -0.329 e. The van der Waals surface area contributed by atoms with Crippen LogP contribution in [0.5, 0.6) is 0 Å². The van der Waals surface area contributed by atoms with Crippen LogP contribution in [0.3, 0.4) is 0 Å². The van der Waals surface area contributed by atoms with Crippen molar-refractivity contribution >= 4 is 0 Å². The van der Waals surface area contributed by atoms with Crippen molar-refractivity contribution in [2.45, 2.75) is 31.2 Å². The molecule has 0 spiro atoms. The Labute approximate surface area is 97.0 Å². The summed E-state index contributed by atoms with van der Waals surface area (Å²) in [5, 5.41) is 0. The zero-order valence-electron chi connectivity index (χ0n) is 9.65. The van der Waals surface area contributed by atoms with Crippen LogP contribution in [0.15, 0.2) is 24.3 Å². The molecule has 2 aliphatic rings. The fourth-order valence-corrected chi connectivity index (χ4v) is 3.68. The van der Waals surface area contributed by atoms with Crippen molar-refractivity contribution in [3.05, 3.63) is 35.4 Å². The number of hydrogen-bond donors (Lipinski definition) is 2. The Balaban J connectivity index is 2.03. The largest absolute Gasteiger partial charge is 0.329 e. The van der Waals surface area contributed by atoms with Gasteiger partial charge in [-0.15, -0.1) is 0 Å². The lowest BCUT2D eigenvalue weighted by Crippen LogP contribution is -2.55. The molecule has 3 rings (SSSR count). The molecule has 2 aliphatic carbocycles.